The molecule has 150 valence electrons. The van der Waals surface area contributed by atoms with Crippen molar-refractivity contribution in [2.24, 2.45) is 0 Å². The van der Waals surface area contributed by atoms with Crippen molar-refractivity contribution in [1.82, 2.24) is 4.90 Å². The lowest BCUT2D eigenvalue weighted by atomic mass is 9.86. The van der Waals surface area contributed by atoms with E-state index in [-0.39, 0.29) is 5.91 Å². The van der Waals surface area contributed by atoms with Crippen LogP contribution in [0.4, 0.5) is 0 Å². The zero-order valence-electron chi connectivity index (χ0n) is 17.6. The van der Waals surface area contributed by atoms with Crippen LogP contribution in [-0.2, 0) is 11.3 Å². The van der Waals surface area contributed by atoms with Gasteiger partial charge in [0.05, 0.1) is 11.6 Å². The van der Waals surface area contributed by atoms with Gasteiger partial charge in [-0.2, -0.15) is 5.26 Å². The predicted molar refractivity (Wildman–Crippen MR) is 119 cm³/mol. The molecular formula is C27H26N2O. The molecule has 1 heterocycles. The Bertz CT molecular complexity index is 1190. The van der Waals surface area contributed by atoms with Crippen LogP contribution >= 0.6 is 0 Å². The summed E-state index contributed by atoms with van der Waals surface area (Å²) in [7, 11) is 0. The average molecular weight is 395 g/mol. The van der Waals surface area contributed by atoms with Gasteiger partial charge in [-0.1, -0.05) is 49.4 Å². The van der Waals surface area contributed by atoms with Crippen molar-refractivity contribution in [2.75, 3.05) is 6.54 Å². The van der Waals surface area contributed by atoms with Crippen molar-refractivity contribution in [3.05, 3.63) is 82.4 Å². The first-order valence-electron chi connectivity index (χ1n) is 10.9. The molecule has 0 radical (unpaired) electrons. The van der Waals surface area contributed by atoms with Gasteiger partial charge in [-0.05, 0) is 69.8 Å². The zero-order chi connectivity index (χ0) is 20.8. The molecule has 0 saturated heterocycles. The summed E-state index contributed by atoms with van der Waals surface area (Å²) in [6.07, 6.45) is 2.25. The third kappa shape index (κ3) is 3.27. The minimum Gasteiger partial charge on any atom is -0.338 e. The number of carbonyl (C=O) groups excluding carboxylic acids is 1. The maximum Gasteiger partial charge on any atom is 0.219 e. The van der Waals surface area contributed by atoms with Crippen molar-refractivity contribution in [3.63, 3.8) is 0 Å². The zero-order valence-corrected chi connectivity index (χ0v) is 17.6. The smallest absolute Gasteiger partial charge is 0.219 e. The van der Waals surface area contributed by atoms with Gasteiger partial charge >= 0.3 is 0 Å². The number of hydrogen-bond donors (Lipinski definition) is 0. The Labute approximate surface area is 177 Å². The van der Waals surface area contributed by atoms with E-state index in [0.717, 1.165) is 24.9 Å². The first-order chi connectivity index (χ1) is 14.6. The van der Waals surface area contributed by atoms with Crippen LogP contribution in [-0.4, -0.2) is 17.4 Å². The van der Waals surface area contributed by atoms with Crippen LogP contribution in [0.25, 0.3) is 10.8 Å². The Kier molecular flexibility index (Phi) is 4.59. The fourth-order valence-corrected chi connectivity index (χ4v) is 5.09. The summed E-state index contributed by atoms with van der Waals surface area (Å²) in [5.74, 6) is 1.75. The molecule has 1 fully saturated rings. The summed E-state index contributed by atoms with van der Waals surface area (Å²) >= 11 is 0. The molecule has 1 saturated carbocycles. The van der Waals surface area contributed by atoms with Crippen LogP contribution in [0, 0.1) is 11.3 Å². The van der Waals surface area contributed by atoms with E-state index in [0.29, 0.717) is 23.3 Å². The highest BCUT2D eigenvalue weighted by atomic mass is 16.2. The van der Waals surface area contributed by atoms with Gasteiger partial charge in [0.15, 0.2) is 0 Å². The van der Waals surface area contributed by atoms with Crippen molar-refractivity contribution in [3.8, 4) is 6.07 Å². The number of rotatable bonds is 3. The standard InChI is InChI=1S/C27H26N2O/c1-3-19-15-29(17(2)30)16-24-9-8-23(12-25(19)24)27-13-26(27)22-7-6-20-10-18(14-28)4-5-21(20)11-22/h4-12,19,26-27H,3,13,15-16H2,1-2H3. The highest BCUT2D eigenvalue weighted by Gasteiger charge is 2.40. The number of nitriles is 1. The van der Waals surface area contributed by atoms with E-state index in [1.54, 1.807) is 6.92 Å². The SMILES string of the molecule is CCC1CN(C(C)=O)Cc2ccc(C3CC3c3ccc4cc(C#N)ccc4c3)cc21. The van der Waals surface area contributed by atoms with Gasteiger partial charge in [0.1, 0.15) is 0 Å². The van der Waals surface area contributed by atoms with E-state index in [2.05, 4.69) is 55.5 Å². The van der Waals surface area contributed by atoms with Crippen LogP contribution in [0.1, 0.15) is 72.3 Å². The van der Waals surface area contributed by atoms with Gasteiger partial charge in [-0.15, -0.1) is 0 Å². The quantitative estimate of drug-likeness (QED) is 0.560. The Hall–Kier alpha value is -3.12. The first-order valence-corrected chi connectivity index (χ1v) is 10.9. The number of amides is 1. The summed E-state index contributed by atoms with van der Waals surface area (Å²) in [6, 6.07) is 21.8. The van der Waals surface area contributed by atoms with Crippen molar-refractivity contribution >= 4 is 16.7 Å². The molecule has 3 heteroatoms. The van der Waals surface area contributed by atoms with E-state index in [9.17, 15) is 4.79 Å². The number of fused-ring (bicyclic) bond motifs is 2. The molecule has 1 aliphatic carbocycles. The topological polar surface area (TPSA) is 44.1 Å². The summed E-state index contributed by atoms with van der Waals surface area (Å²) in [6.45, 7) is 5.47. The maximum atomic E-state index is 11.9. The molecule has 1 aliphatic heterocycles. The third-order valence-corrected chi connectivity index (χ3v) is 6.99. The fourth-order valence-electron chi connectivity index (χ4n) is 5.09. The van der Waals surface area contributed by atoms with E-state index in [1.807, 2.05) is 17.0 Å². The Morgan fingerprint density at radius 2 is 1.73 bits per heavy atom. The van der Waals surface area contributed by atoms with E-state index >= 15 is 0 Å². The third-order valence-electron chi connectivity index (χ3n) is 6.99. The molecule has 3 aromatic carbocycles. The Balaban J connectivity index is 1.40. The van der Waals surface area contributed by atoms with Crippen LogP contribution in [0.15, 0.2) is 54.6 Å². The number of hydrogen-bond acceptors (Lipinski definition) is 2. The Morgan fingerprint density at radius 1 is 1.03 bits per heavy atom. The molecule has 0 aromatic heterocycles. The van der Waals surface area contributed by atoms with Gasteiger partial charge in [0, 0.05) is 25.9 Å². The maximum absolute atomic E-state index is 11.9. The number of carbonyl (C=O) groups is 1. The van der Waals surface area contributed by atoms with Crippen molar-refractivity contribution in [1.29, 1.82) is 5.26 Å². The van der Waals surface area contributed by atoms with E-state index in [4.69, 9.17) is 5.26 Å². The number of benzene rings is 3. The summed E-state index contributed by atoms with van der Waals surface area (Å²) in [4.78, 5) is 13.9. The summed E-state index contributed by atoms with van der Waals surface area (Å²) in [5, 5.41) is 11.4. The van der Waals surface area contributed by atoms with Gasteiger partial charge in [-0.25, -0.2) is 0 Å². The molecular weight excluding hydrogens is 368 g/mol. The highest BCUT2D eigenvalue weighted by Crippen LogP contribution is 2.55. The van der Waals surface area contributed by atoms with Crippen LogP contribution < -0.4 is 0 Å². The van der Waals surface area contributed by atoms with Gasteiger partial charge in [0.2, 0.25) is 5.91 Å². The number of nitrogens with zero attached hydrogens (tertiary/aromatic N) is 2. The molecule has 3 nitrogen and oxygen atoms in total. The molecule has 3 aromatic rings. The molecule has 5 rings (SSSR count). The Morgan fingerprint density at radius 3 is 2.47 bits per heavy atom. The van der Waals surface area contributed by atoms with Crippen LogP contribution in [0.3, 0.4) is 0 Å². The summed E-state index contributed by atoms with van der Waals surface area (Å²) in [5.41, 5.74) is 6.30. The highest BCUT2D eigenvalue weighted by molar-refractivity contribution is 5.84. The molecule has 2 aliphatic rings. The van der Waals surface area contributed by atoms with Crippen molar-refractivity contribution in [2.45, 2.75) is 51.0 Å². The first kappa shape index (κ1) is 18.9. The molecule has 3 atom stereocenters. The fraction of sp³-hybridized carbons (Fsp3) is 0.333. The normalized spacial score (nSPS) is 22.4. The summed E-state index contributed by atoms with van der Waals surface area (Å²) < 4.78 is 0. The second-order valence-electron chi connectivity index (χ2n) is 8.84. The molecule has 0 bridgehead atoms. The molecule has 0 spiro atoms. The monoisotopic (exact) mass is 394 g/mol. The molecule has 3 unspecified atom stereocenters. The predicted octanol–water partition coefficient (Wildman–Crippen LogP) is 5.84. The molecule has 1 amide bonds. The molecule has 30 heavy (non-hydrogen) atoms. The van der Waals surface area contributed by atoms with Crippen LogP contribution in [0.2, 0.25) is 0 Å². The lowest BCUT2D eigenvalue weighted by Crippen LogP contribution is -2.36. The minimum atomic E-state index is 0.170. The van der Waals surface area contributed by atoms with E-state index < -0.39 is 0 Å². The molecule has 0 N–H and O–H groups in total. The largest absolute Gasteiger partial charge is 0.338 e. The second-order valence-corrected chi connectivity index (χ2v) is 8.84. The van der Waals surface area contributed by atoms with Crippen molar-refractivity contribution < 1.29 is 4.79 Å². The lowest BCUT2D eigenvalue weighted by molar-refractivity contribution is -0.130. The van der Waals surface area contributed by atoms with E-state index in [1.165, 1.54) is 34.1 Å². The minimum absolute atomic E-state index is 0.170. The van der Waals surface area contributed by atoms with Crippen LogP contribution in [0.5, 0.6) is 0 Å². The van der Waals surface area contributed by atoms with Gasteiger partial charge in [0.25, 0.3) is 0 Å². The average Bonchev–Trinajstić information content (AvgIpc) is 3.58. The van der Waals surface area contributed by atoms with Gasteiger partial charge in [-0.3, -0.25) is 4.79 Å². The second kappa shape index (κ2) is 7.29. The lowest BCUT2D eigenvalue weighted by Gasteiger charge is -2.34. The van der Waals surface area contributed by atoms with Gasteiger partial charge < -0.3 is 4.90 Å².